The number of aliphatic hydroxyl groups excluding tert-OH is 1. The molecule has 1 aliphatic rings. The minimum atomic E-state index is -3.97. The van der Waals surface area contributed by atoms with E-state index in [0.29, 0.717) is 41.0 Å². The van der Waals surface area contributed by atoms with E-state index in [1.807, 2.05) is 0 Å². The molecule has 152 valence electrons. The number of ether oxygens (including phenoxy) is 1. The molecular weight excluding hydrogens is 407 g/mol. The molecule has 3 rings (SSSR count). The van der Waals surface area contributed by atoms with Crippen molar-refractivity contribution in [2.75, 3.05) is 20.7 Å². The van der Waals surface area contributed by atoms with Crippen LogP contribution >= 0.6 is 11.3 Å². The van der Waals surface area contributed by atoms with Gasteiger partial charge in [-0.1, -0.05) is 28.6 Å². The molecular formula is C18H21FN2O5S2. The van der Waals surface area contributed by atoms with Crippen molar-refractivity contribution in [1.29, 1.82) is 0 Å². The van der Waals surface area contributed by atoms with Gasteiger partial charge in [-0.05, 0) is 42.5 Å². The van der Waals surface area contributed by atoms with Crippen LogP contribution in [0, 0.1) is 5.82 Å². The molecule has 0 spiro atoms. The van der Waals surface area contributed by atoms with Crippen LogP contribution in [0.15, 0.2) is 34.3 Å². The van der Waals surface area contributed by atoms with Crippen molar-refractivity contribution in [2.24, 2.45) is 5.16 Å². The summed E-state index contributed by atoms with van der Waals surface area (Å²) in [4.78, 5) is 0.654. The number of rotatable bonds is 6. The zero-order valence-electron chi connectivity index (χ0n) is 15.4. The van der Waals surface area contributed by atoms with E-state index in [0.717, 1.165) is 15.6 Å². The molecule has 0 fully saturated rings. The maximum Gasteiger partial charge on any atom is 0.247 e. The highest BCUT2D eigenvalue weighted by Gasteiger charge is 2.35. The van der Waals surface area contributed by atoms with E-state index in [-0.39, 0.29) is 16.5 Å². The van der Waals surface area contributed by atoms with Gasteiger partial charge in [-0.25, -0.2) is 12.8 Å². The second-order valence-electron chi connectivity index (χ2n) is 6.48. The van der Waals surface area contributed by atoms with Crippen LogP contribution in [-0.2, 0) is 16.4 Å². The van der Waals surface area contributed by atoms with Gasteiger partial charge in [0, 0.05) is 13.6 Å². The Labute approximate surface area is 166 Å². The highest BCUT2D eigenvalue weighted by atomic mass is 32.2. The van der Waals surface area contributed by atoms with Gasteiger partial charge < -0.3 is 15.1 Å². The van der Waals surface area contributed by atoms with E-state index in [1.165, 1.54) is 38.4 Å². The molecule has 0 bridgehead atoms. The van der Waals surface area contributed by atoms with Crippen molar-refractivity contribution in [3.05, 3.63) is 46.1 Å². The van der Waals surface area contributed by atoms with E-state index >= 15 is 0 Å². The summed E-state index contributed by atoms with van der Waals surface area (Å²) in [7, 11) is -1.22. The molecule has 0 amide bonds. The number of aliphatic hydroxyl groups is 1. The number of sulfonamides is 1. The Balaban J connectivity index is 1.94. The minimum absolute atomic E-state index is 0.0460. The highest BCUT2D eigenvalue weighted by molar-refractivity contribution is 7.89. The molecule has 0 aliphatic heterocycles. The predicted octanol–water partition coefficient (Wildman–Crippen LogP) is 2.76. The van der Waals surface area contributed by atoms with Crippen molar-refractivity contribution in [3.63, 3.8) is 0 Å². The van der Waals surface area contributed by atoms with Crippen molar-refractivity contribution in [2.45, 2.75) is 30.3 Å². The molecule has 1 unspecified atom stereocenters. The van der Waals surface area contributed by atoms with Crippen LogP contribution in [0.3, 0.4) is 0 Å². The zero-order chi connectivity index (χ0) is 20.5. The smallest absolute Gasteiger partial charge is 0.247 e. The van der Waals surface area contributed by atoms with Crippen molar-refractivity contribution in [1.82, 2.24) is 4.31 Å². The van der Waals surface area contributed by atoms with Crippen molar-refractivity contribution >= 4 is 27.1 Å². The third-order valence-corrected chi connectivity index (χ3v) is 7.98. The molecule has 1 aliphatic carbocycles. The Hall–Kier alpha value is -2.01. The average Bonchev–Trinajstić information content (AvgIpc) is 3.07. The summed E-state index contributed by atoms with van der Waals surface area (Å²) in [5, 5.41) is 23.1. The molecule has 0 radical (unpaired) electrons. The van der Waals surface area contributed by atoms with E-state index in [9.17, 15) is 23.1 Å². The number of methoxy groups -OCH3 is 1. The zero-order valence-corrected chi connectivity index (χ0v) is 17.1. The number of oxime groups is 1. The molecule has 1 atom stereocenters. The summed E-state index contributed by atoms with van der Waals surface area (Å²) >= 11 is 1.13. The number of likely N-dealkylation sites (N-methyl/N-ethyl adjacent to an activating group) is 1. The first-order chi connectivity index (χ1) is 13.3. The molecule has 2 aromatic rings. The van der Waals surface area contributed by atoms with Crippen LogP contribution in [-0.4, -0.2) is 49.5 Å². The number of nitrogens with zero attached hydrogens (tertiary/aromatic N) is 2. The van der Waals surface area contributed by atoms with Gasteiger partial charge in [0.25, 0.3) is 0 Å². The predicted molar refractivity (Wildman–Crippen MR) is 103 cm³/mol. The SMILES string of the molecule is COc1sc2c(c1S(=O)(=O)N(C)CC(O)c1ccc(F)cc1)CCC/C2=N\O. The third kappa shape index (κ3) is 3.77. The summed E-state index contributed by atoms with van der Waals surface area (Å²) in [6.07, 6.45) is 0.634. The first-order valence-electron chi connectivity index (χ1n) is 8.60. The lowest BCUT2D eigenvalue weighted by Crippen LogP contribution is -2.32. The Bertz CT molecular complexity index is 986. The largest absolute Gasteiger partial charge is 0.486 e. The Morgan fingerprint density at radius 1 is 1.32 bits per heavy atom. The molecule has 0 saturated heterocycles. The van der Waals surface area contributed by atoms with Crippen LogP contribution in [0.1, 0.15) is 34.9 Å². The topological polar surface area (TPSA) is 99.4 Å². The first-order valence-corrected chi connectivity index (χ1v) is 10.9. The number of thiophene rings is 1. The van der Waals surface area contributed by atoms with Gasteiger partial charge in [0.2, 0.25) is 10.0 Å². The molecule has 1 aromatic heterocycles. The first kappa shape index (κ1) is 20.7. The van der Waals surface area contributed by atoms with Crippen LogP contribution < -0.4 is 4.74 Å². The Morgan fingerprint density at radius 2 is 2.00 bits per heavy atom. The summed E-state index contributed by atoms with van der Waals surface area (Å²) < 4.78 is 45.9. The van der Waals surface area contributed by atoms with E-state index in [4.69, 9.17) is 4.74 Å². The molecule has 28 heavy (non-hydrogen) atoms. The summed E-state index contributed by atoms with van der Waals surface area (Å²) in [6, 6.07) is 5.25. The maximum absolute atomic E-state index is 13.2. The van der Waals surface area contributed by atoms with E-state index in [2.05, 4.69) is 5.16 Å². The number of hydrogen-bond donors (Lipinski definition) is 2. The normalized spacial score (nSPS) is 17.0. The van der Waals surface area contributed by atoms with Gasteiger partial charge in [-0.2, -0.15) is 4.31 Å². The van der Waals surface area contributed by atoms with Gasteiger partial charge in [-0.3, -0.25) is 0 Å². The van der Waals surface area contributed by atoms with Crippen LogP contribution in [0.5, 0.6) is 5.06 Å². The van der Waals surface area contributed by atoms with Crippen LogP contribution in [0.25, 0.3) is 0 Å². The molecule has 7 nitrogen and oxygen atoms in total. The average molecular weight is 429 g/mol. The summed E-state index contributed by atoms with van der Waals surface area (Å²) in [5.74, 6) is -0.437. The number of fused-ring (bicyclic) bond motifs is 1. The number of halogens is 1. The fraction of sp³-hybridized carbons (Fsp3) is 0.389. The second-order valence-corrected chi connectivity index (χ2v) is 9.45. The van der Waals surface area contributed by atoms with E-state index < -0.39 is 21.9 Å². The molecule has 2 N–H and O–H groups in total. The molecule has 1 aromatic carbocycles. The summed E-state index contributed by atoms with van der Waals surface area (Å²) in [5.41, 5.74) is 1.43. The highest BCUT2D eigenvalue weighted by Crippen LogP contribution is 2.43. The van der Waals surface area contributed by atoms with E-state index in [1.54, 1.807) is 0 Å². The van der Waals surface area contributed by atoms with Crippen molar-refractivity contribution < 1.29 is 27.9 Å². The van der Waals surface area contributed by atoms with Gasteiger partial charge in [0.1, 0.15) is 10.7 Å². The van der Waals surface area contributed by atoms with Gasteiger partial charge in [0.05, 0.1) is 23.8 Å². The van der Waals surface area contributed by atoms with Crippen LogP contribution in [0.4, 0.5) is 4.39 Å². The number of benzene rings is 1. The quantitative estimate of drug-likeness (QED) is 0.544. The standard InChI is InChI=1S/C18H21FN2O5S2/c1-21(10-15(22)11-6-8-12(19)9-7-11)28(24,25)17-13-4-3-5-14(20-23)16(13)27-18(17)26-2/h6-9,15,22-23H,3-5,10H2,1-2H3/b20-14+. The second kappa shape index (κ2) is 8.16. The molecule has 10 heteroatoms. The van der Waals surface area contributed by atoms with Gasteiger partial charge >= 0.3 is 0 Å². The van der Waals surface area contributed by atoms with Crippen molar-refractivity contribution in [3.8, 4) is 5.06 Å². The lowest BCUT2D eigenvalue weighted by molar-refractivity contribution is 0.155. The fourth-order valence-electron chi connectivity index (χ4n) is 3.21. The summed E-state index contributed by atoms with van der Waals surface area (Å²) in [6.45, 7) is -0.206. The third-order valence-electron chi connectivity index (χ3n) is 4.69. The number of hydrogen-bond acceptors (Lipinski definition) is 7. The fourth-order valence-corrected chi connectivity index (χ4v) is 6.25. The maximum atomic E-state index is 13.2. The molecule has 0 saturated carbocycles. The van der Waals surface area contributed by atoms with Gasteiger partial charge in [0.15, 0.2) is 5.06 Å². The lowest BCUT2D eigenvalue weighted by atomic mass is 9.98. The Kier molecular flexibility index (Phi) is 6.04. The Morgan fingerprint density at radius 3 is 2.61 bits per heavy atom. The monoisotopic (exact) mass is 428 g/mol. The van der Waals surface area contributed by atoms with Crippen LogP contribution in [0.2, 0.25) is 0 Å². The minimum Gasteiger partial charge on any atom is -0.486 e. The lowest BCUT2D eigenvalue weighted by Gasteiger charge is -2.22. The molecule has 1 heterocycles. The van der Waals surface area contributed by atoms with Gasteiger partial charge in [-0.15, -0.1) is 0 Å².